The molecule has 0 spiro atoms. The van der Waals surface area contributed by atoms with Gasteiger partial charge in [-0.05, 0) is 11.6 Å². The van der Waals surface area contributed by atoms with E-state index in [0.29, 0.717) is 19.0 Å². The van der Waals surface area contributed by atoms with E-state index < -0.39 is 0 Å². The van der Waals surface area contributed by atoms with Crippen molar-refractivity contribution < 1.29 is 4.79 Å². The maximum absolute atomic E-state index is 11.5. The summed E-state index contributed by atoms with van der Waals surface area (Å²) in [5, 5.41) is 6.12. The van der Waals surface area contributed by atoms with Gasteiger partial charge >= 0.3 is 0 Å². The Labute approximate surface area is 111 Å². The van der Waals surface area contributed by atoms with Gasteiger partial charge in [0.1, 0.15) is 0 Å². The lowest BCUT2D eigenvalue weighted by Crippen LogP contribution is -2.30. The van der Waals surface area contributed by atoms with Crippen LogP contribution in [0.5, 0.6) is 0 Å². The van der Waals surface area contributed by atoms with E-state index >= 15 is 0 Å². The smallest absolute Gasteiger partial charge is 0.221 e. The second kappa shape index (κ2) is 7.45. The van der Waals surface area contributed by atoms with Crippen molar-refractivity contribution in [1.82, 2.24) is 10.6 Å². The molecule has 0 aliphatic carbocycles. The molecule has 1 aromatic carbocycles. The Kier molecular flexibility index (Phi) is 6.22. The van der Waals surface area contributed by atoms with Gasteiger partial charge in [-0.15, -0.1) is 0 Å². The maximum atomic E-state index is 11.5. The Bertz CT molecular complexity index is 366. The topological polar surface area (TPSA) is 41.1 Å². The fraction of sp³-hybridized carbons (Fsp3) is 0.462. The minimum atomic E-state index is 0.0777. The van der Waals surface area contributed by atoms with Crippen molar-refractivity contribution in [2.75, 3.05) is 6.54 Å². The van der Waals surface area contributed by atoms with Crippen molar-refractivity contribution in [3.05, 3.63) is 34.3 Å². The lowest BCUT2D eigenvalue weighted by atomic mass is 10.2. The fourth-order valence-electron chi connectivity index (χ4n) is 1.40. The third-order valence-electron chi connectivity index (χ3n) is 2.34. The summed E-state index contributed by atoms with van der Waals surface area (Å²) < 4.78 is 1.03. The first kappa shape index (κ1) is 14.2. The first-order chi connectivity index (χ1) is 8.09. The lowest BCUT2D eigenvalue weighted by Gasteiger charge is -2.09. The van der Waals surface area contributed by atoms with Gasteiger partial charge in [-0.1, -0.05) is 48.0 Å². The Morgan fingerprint density at radius 1 is 1.35 bits per heavy atom. The summed E-state index contributed by atoms with van der Waals surface area (Å²) in [5.74, 6) is 0.0777. The molecule has 0 atom stereocenters. The molecule has 0 aliphatic heterocycles. The molecule has 0 unspecified atom stereocenters. The molecular formula is C13H19BrN2O. The van der Waals surface area contributed by atoms with Gasteiger partial charge < -0.3 is 10.6 Å². The van der Waals surface area contributed by atoms with Gasteiger partial charge in [0.15, 0.2) is 0 Å². The number of hydrogen-bond acceptors (Lipinski definition) is 2. The van der Waals surface area contributed by atoms with Crippen molar-refractivity contribution in [3.8, 4) is 0 Å². The summed E-state index contributed by atoms with van der Waals surface area (Å²) in [6, 6.07) is 8.32. The predicted molar refractivity (Wildman–Crippen MR) is 73.7 cm³/mol. The Balaban J connectivity index is 2.26. The predicted octanol–water partition coefficient (Wildman–Crippen LogP) is 2.45. The monoisotopic (exact) mass is 298 g/mol. The Morgan fingerprint density at radius 2 is 2.06 bits per heavy atom. The standard InChI is InChI=1S/C13H19BrN2O/c1-10(2)15-8-7-13(17)16-9-11-5-3-4-6-12(11)14/h3-6,10,15H,7-9H2,1-2H3,(H,16,17). The highest BCUT2D eigenvalue weighted by atomic mass is 79.9. The number of benzene rings is 1. The zero-order valence-corrected chi connectivity index (χ0v) is 11.9. The first-order valence-electron chi connectivity index (χ1n) is 5.83. The van der Waals surface area contributed by atoms with Crippen LogP contribution in [0.1, 0.15) is 25.8 Å². The van der Waals surface area contributed by atoms with Crippen LogP contribution in [-0.4, -0.2) is 18.5 Å². The van der Waals surface area contributed by atoms with Gasteiger partial charge in [-0.25, -0.2) is 0 Å². The largest absolute Gasteiger partial charge is 0.352 e. The van der Waals surface area contributed by atoms with Crippen molar-refractivity contribution in [3.63, 3.8) is 0 Å². The van der Waals surface area contributed by atoms with Crippen molar-refractivity contribution in [2.24, 2.45) is 0 Å². The summed E-state index contributed by atoms with van der Waals surface area (Å²) in [7, 11) is 0. The van der Waals surface area contributed by atoms with E-state index in [1.54, 1.807) is 0 Å². The Hall–Kier alpha value is -0.870. The van der Waals surface area contributed by atoms with E-state index in [-0.39, 0.29) is 5.91 Å². The molecule has 0 saturated carbocycles. The highest BCUT2D eigenvalue weighted by Gasteiger charge is 2.03. The number of nitrogens with one attached hydrogen (secondary N) is 2. The zero-order chi connectivity index (χ0) is 12.7. The molecule has 1 aromatic rings. The molecule has 4 heteroatoms. The summed E-state index contributed by atoms with van der Waals surface area (Å²) >= 11 is 3.45. The van der Waals surface area contributed by atoms with Gasteiger partial charge in [0.2, 0.25) is 5.91 Å². The summed E-state index contributed by atoms with van der Waals surface area (Å²) in [4.78, 5) is 11.5. The van der Waals surface area contributed by atoms with Crippen LogP contribution in [0.25, 0.3) is 0 Å². The molecule has 0 aromatic heterocycles. The van der Waals surface area contributed by atoms with Crippen molar-refractivity contribution in [1.29, 1.82) is 0 Å². The quantitative estimate of drug-likeness (QED) is 0.847. The zero-order valence-electron chi connectivity index (χ0n) is 10.3. The minimum absolute atomic E-state index is 0.0777. The normalized spacial score (nSPS) is 10.6. The van der Waals surface area contributed by atoms with Gasteiger partial charge in [0.25, 0.3) is 0 Å². The number of rotatable bonds is 6. The van der Waals surface area contributed by atoms with Gasteiger partial charge in [0, 0.05) is 30.0 Å². The average Bonchev–Trinajstić information content (AvgIpc) is 2.27. The molecule has 17 heavy (non-hydrogen) atoms. The molecule has 0 heterocycles. The van der Waals surface area contributed by atoms with Crippen molar-refractivity contribution >= 4 is 21.8 Å². The third kappa shape index (κ3) is 5.84. The van der Waals surface area contributed by atoms with Gasteiger partial charge in [-0.3, -0.25) is 4.79 Å². The van der Waals surface area contributed by atoms with E-state index in [9.17, 15) is 4.79 Å². The van der Waals surface area contributed by atoms with Crippen LogP contribution in [0.4, 0.5) is 0 Å². The number of carbonyl (C=O) groups excluding carboxylic acids is 1. The van der Waals surface area contributed by atoms with Gasteiger partial charge in [0.05, 0.1) is 0 Å². The molecule has 0 radical (unpaired) electrons. The van der Waals surface area contributed by atoms with Crippen LogP contribution in [-0.2, 0) is 11.3 Å². The molecule has 0 aliphatic rings. The minimum Gasteiger partial charge on any atom is -0.352 e. The molecule has 1 rings (SSSR count). The molecular weight excluding hydrogens is 280 g/mol. The molecule has 0 bridgehead atoms. The molecule has 94 valence electrons. The molecule has 1 amide bonds. The van der Waals surface area contributed by atoms with E-state index in [1.165, 1.54) is 0 Å². The van der Waals surface area contributed by atoms with Crippen LogP contribution in [0.2, 0.25) is 0 Å². The summed E-state index contributed by atoms with van der Waals surface area (Å²) in [6.07, 6.45) is 0.517. The molecule has 2 N–H and O–H groups in total. The van der Waals surface area contributed by atoms with E-state index in [0.717, 1.165) is 16.6 Å². The molecule has 0 fully saturated rings. The maximum Gasteiger partial charge on any atom is 0.221 e. The third-order valence-corrected chi connectivity index (χ3v) is 3.11. The highest BCUT2D eigenvalue weighted by Crippen LogP contribution is 2.15. The molecule has 0 saturated heterocycles. The van der Waals surface area contributed by atoms with E-state index in [1.807, 2.05) is 24.3 Å². The Morgan fingerprint density at radius 3 is 2.71 bits per heavy atom. The van der Waals surface area contributed by atoms with E-state index in [2.05, 4.69) is 40.4 Å². The van der Waals surface area contributed by atoms with Crippen LogP contribution in [0.15, 0.2) is 28.7 Å². The number of halogens is 1. The first-order valence-corrected chi connectivity index (χ1v) is 6.62. The average molecular weight is 299 g/mol. The highest BCUT2D eigenvalue weighted by molar-refractivity contribution is 9.10. The van der Waals surface area contributed by atoms with Gasteiger partial charge in [-0.2, -0.15) is 0 Å². The second-order valence-electron chi connectivity index (χ2n) is 4.23. The number of carbonyl (C=O) groups is 1. The second-order valence-corrected chi connectivity index (χ2v) is 5.08. The van der Waals surface area contributed by atoms with Crippen LogP contribution in [0.3, 0.4) is 0 Å². The van der Waals surface area contributed by atoms with Crippen molar-refractivity contribution in [2.45, 2.75) is 32.9 Å². The van der Waals surface area contributed by atoms with Crippen LogP contribution < -0.4 is 10.6 Å². The number of hydrogen-bond donors (Lipinski definition) is 2. The van der Waals surface area contributed by atoms with E-state index in [4.69, 9.17) is 0 Å². The molecule has 3 nitrogen and oxygen atoms in total. The summed E-state index contributed by atoms with van der Waals surface area (Å²) in [6.45, 7) is 5.43. The SMILES string of the molecule is CC(C)NCCC(=O)NCc1ccccc1Br. The fourth-order valence-corrected chi connectivity index (χ4v) is 1.82. The number of amides is 1. The van der Waals surface area contributed by atoms with Crippen LogP contribution in [0, 0.1) is 0 Å². The summed E-state index contributed by atoms with van der Waals surface area (Å²) in [5.41, 5.74) is 1.10. The van der Waals surface area contributed by atoms with Crippen LogP contribution >= 0.6 is 15.9 Å². The lowest BCUT2D eigenvalue weighted by molar-refractivity contribution is -0.121.